The lowest BCUT2D eigenvalue weighted by atomic mass is 10.2. The lowest BCUT2D eigenvalue weighted by Crippen LogP contribution is -2.29. The number of carbonyl (C=O) groups is 1. The summed E-state index contributed by atoms with van der Waals surface area (Å²) in [7, 11) is 0. The minimum absolute atomic E-state index is 0.109. The summed E-state index contributed by atoms with van der Waals surface area (Å²) < 4.78 is 0. The first kappa shape index (κ1) is 12.7. The lowest BCUT2D eigenvalue weighted by Gasteiger charge is -2.14. The molecule has 0 spiro atoms. The van der Waals surface area contributed by atoms with E-state index in [9.17, 15) is 4.79 Å². The zero-order valence-electron chi connectivity index (χ0n) is 9.90. The smallest absolute Gasteiger partial charge is 0.270 e. The molecule has 3 heteroatoms. The van der Waals surface area contributed by atoms with Gasteiger partial charge in [0.25, 0.3) is 5.91 Å². The molecule has 0 aromatic heterocycles. The minimum atomic E-state index is -0.185. The Morgan fingerprint density at radius 3 is 2.56 bits per heavy atom. The summed E-state index contributed by atoms with van der Waals surface area (Å²) in [6.45, 7) is 4.15. The molecule has 0 aliphatic heterocycles. The fourth-order valence-corrected chi connectivity index (χ4v) is 1.45. The van der Waals surface area contributed by atoms with Crippen LogP contribution in [0, 0.1) is 0 Å². The standard InChI is InChI=1S/C13H19NO2/c1-3-8-12(4-2)16-14-13(15)11-9-6-5-7-10-11/h5-7,9-10,12H,3-4,8H2,1-2H3,(H,14,15). The molecule has 0 bridgehead atoms. The fourth-order valence-electron chi connectivity index (χ4n) is 1.45. The van der Waals surface area contributed by atoms with Gasteiger partial charge in [-0.25, -0.2) is 5.48 Å². The Morgan fingerprint density at radius 2 is 2.00 bits per heavy atom. The van der Waals surface area contributed by atoms with Gasteiger partial charge in [-0.3, -0.25) is 9.63 Å². The van der Waals surface area contributed by atoms with E-state index in [0.717, 1.165) is 19.3 Å². The van der Waals surface area contributed by atoms with E-state index < -0.39 is 0 Å². The van der Waals surface area contributed by atoms with E-state index in [1.807, 2.05) is 18.2 Å². The quantitative estimate of drug-likeness (QED) is 0.750. The highest BCUT2D eigenvalue weighted by Crippen LogP contribution is 2.05. The molecule has 1 amide bonds. The van der Waals surface area contributed by atoms with E-state index in [1.54, 1.807) is 12.1 Å². The minimum Gasteiger partial charge on any atom is -0.270 e. The summed E-state index contributed by atoms with van der Waals surface area (Å²) in [5, 5.41) is 0. The van der Waals surface area contributed by atoms with Gasteiger partial charge in [-0.2, -0.15) is 0 Å². The van der Waals surface area contributed by atoms with Gasteiger partial charge in [0, 0.05) is 5.56 Å². The number of nitrogens with one attached hydrogen (secondary N) is 1. The third-order valence-electron chi connectivity index (χ3n) is 2.42. The van der Waals surface area contributed by atoms with Crippen LogP contribution in [0.1, 0.15) is 43.5 Å². The third-order valence-corrected chi connectivity index (χ3v) is 2.42. The number of hydrogen-bond acceptors (Lipinski definition) is 2. The molecule has 0 fully saturated rings. The van der Waals surface area contributed by atoms with Crippen molar-refractivity contribution in [3.8, 4) is 0 Å². The number of benzene rings is 1. The Morgan fingerprint density at radius 1 is 1.31 bits per heavy atom. The van der Waals surface area contributed by atoms with E-state index in [0.29, 0.717) is 5.56 Å². The Bertz CT molecular complexity index is 311. The molecule has 1 unspecified atom stereocenters. The van der Waals surface area contributed by atoms with Crippen molar-refractivity contribution >= 4 is 5.91 Å². The van der Waals surface area contributed by atoms with Crippen molar-refractivity contribution in [2.24, 2.45) is 0 Å². The van der Waals surface area contributed by atoms with Gasteiger partial charge in [0.05, 0.1) is 6.10 Å². The molecule has 1 atom stereocenters. The Hall–Kier alpha value is -1.35. The van der Waals surface area contributed by atoms with Crippen LogP contribution in [0.15, 0.2) is 30.3 Å². The number of rotatable bonds is 6. The second-order valence-electron chi connectivity index (χ2n) is 3.73. The van der Waals surface area contributed by atoms with Gasteiger partial charge in [-0.1, -0.05) is 38.5 Å². The summed E-state index contributed by atoms with van der Waals surface area (Å²) in [6, 6.07) is 9.07. The second-order valence-corrected chi connectivity index (χ2v) is 3.73. The van der Waals surface area contributed by atoms with Crippen LogP contribution in [0.2, 0.25) is 0 Å². The summed E-state index contributed by atoms with van der Waals surface area (Å²) in [6.07, 6.45) is 3.03. The van der Waals surface area contributed by atoms with Gasteiger partial charge in [0.1, 0.15) is 0 Å². The van der Waals surface area contributed by atoms with Crippen LogP contribution >= 0.6 is 0 Å². The monoisotopic (exact) mass is 221 g/mol. The molecule has 1 aromatic rings. The van der Waals surface area contributed by atoms with Crippen LogP contribution in [0.25, 0.3) is 0 Å². The summed E-state index contributed by atoms with van der Waals surface area (Å²) in [5.41, 5.74) is 3.12. The SMILES string of the molecule is CCCC(CC)ONC(=O)c1ccccc1. The summed E-state index contributed by atoms with van der Waals surface area (Å²) in [5.74, 6) is -0.185. The molecule has 0 radical (unpaired) electrons. The average Bonchev–Trinajstić information content (AvgIpc) is 2.35. The first-order chi connectivity index (χ1) is 7.77. The van der Waals surface area contributed by atoms with Gasteiger partial charge < -0.3 is 0 Å². The van der Waals surface area contributed by atoms with Crippen molar-refractivity contribution in [2.45, 2.75) is 39.2 Å². The molecule has 1 aromatic carbocycles. The van der Waals surface area contributed by atoms with Gasteiger partial charge in [-0.05, 0) is 25.0 Å². The van der Waals surface area contributed by atoms with Crippen LogP contribution in [0.5, 0.6) is 0 Å². The van der Waals surface area contributed by atoms with Crippen molar-refractivity contribution in [1.29, 1.82) is 0 Å². The first-order valence-corrected chi connectivity index (χ1v) is 5.79. The van der Waals surface area contributed by atoms with Crippen molar-refractivity contribution in [2.75, 3.05) is 0 Å². The average molecular weight is 221 g/mol. The number of hydrogen-bond donors (Lipinski definition) is 1. The summed E-state index contributed by atoms with van der Waals surface area (Å²) >= 11 is 0. The molecule has 1 rings (SSSR count). The molecular formula is C13H19NO2. The number of carbonyl (C=O) groups excluding carboxylic acids is 1. The predicted octanol–water partition coefficient (Wildman–Crippen LogP) is 2.93. The fraction of sp³-hybridized carbons (Fsp3) is 0.462. The maximum atomic E-state index is 11.6. The van der Waals surface area contributed by atoms with Crippen LogP contribution in [0.4, 0.5) is 0 Å². The van der Waals surface area contributed by atoms with Gasteiger partial charge in [0.15, 0.2) is 0 Å². The van der Waals surface area contributed by atoms with Crippen molar-refractivity contribution < 1.29 is 9.63 Å². The zero-order valence-corrected chi connectivity index (χ0v) is 9.90. The van der Waals surface area contributed by atoms with Crippen molar-refractivity contribution in [3.63, 3.8) is 0 Å². The molecule has 0 saturated heterocycles. The van der Waals surface area contributed by atoms with Crippen molar-refractivity contribution in [3.05, 3.63) is 35.9 Å². The van der Waals surface area contributed by atoms with Crippen LogP contribution in [-0.2, 0) is 4.84 Å². The van der Waals surface area contributed by atoms with Gasteiger partial charge in [0.2, 0.25) is 0 Å². The zero-order chi connectivity index (χ0) is 11.8. The molecular weight excluding hydrogens is 202 g/mol. The molecule has 16 heavy (non-hydrogen) atoms. The Labute approximate surface area is 96.8 Å². The molecule has 88 valence electrons. The number of amides is 1. The van der Waals surface area contributed by atoms with Gasteiger partial charge in [-0.15, -0.1) is 0 Å². The van der Waals surface area contributed by atoms with E-state index in [4.69, 9.17) is 4.84 Å². The Balaban J connectivity index is 2.40. The van der Waals surface area contributed by atoms with Crippen LogP contribution in [0.3, 0.4) is 0 Å². The molecule has 0 aliphatic carbocycles. The van der Waals surface area contributed by atoms with Crippen LogP contribution < -0.4 is 5.48 Å². The molecule has 3 nitrogen and oxygen atoms in total. The Kier molecular flexibility index (Phi) is 5.57. The molecule has 0 aliphatic rings. The largest absolute Gasteiger partial charge is 0.274 e. The third kappa shape index (κ3) is 4.03. The van der Waals surface area contributed by atoms with E-state index in [-0.39, 0.29) is 12.0 Å². The highest BCUT2D eigenvalue weighted by molar-refractivity contribution is 5.93. The molecule has 1 N–H and O–H groups in total. The van der Waals surface area contributed by atoms with Crippen LogP contribution in [-0.4, -0.2) is 12.0 Å². The normalized spacial score (nSPS) is 12.1. The van der Waals surface area contributed by atoms with E-state index >= 15 is 0 Å². The second kappa shape index (κ2) is 7.01. The predicted molar refractivity (Wildman–Crippen MR) is 64.0 cm³/mol. The molecule has 0 heterocycles. The summed E-state index contributed by atoms with van der Waals surface area (Å²) in [4.78, 5) is 17.0. The highest BCUT2D eigenvalue weighted by atomic mass is 16.7. The van der Waals surface area contributed by atoms with Gasteiger partial charge >= 0.3 is 0 Å². The first-order valence-electron chi connectivity index (χ1n) is 5.79. The highest BCUT2D eigenvalue weighted by Gasteiger charge is 2.09. The van der Waals surface area contributed by atoms with Crippen molar-refractivity contribution in [1.82, 2.24) is 5.48 Å². The number of hydroxylamine groups is 1. The van der Waals surface area contributed by atoms with E-state index in [1.165, 1.54) is 0 Å². The maximum Gasteiger partial charge on any atom is 0.274 e. The lowest BCUT2D eigenvalue weighted by molar-refractivity contribution is -0.0212. The topological polar surface area (TPSA) is 38.3 Å². The van der Waals surface area contributed by atoms with E-state index in [2.05, 4.69) is 19.3 Å². The maximum absolute atomic E-state index is 11.6. The molecule has 0 saturated carbocycles.